The number of halogens is 2. The van der Waals surface area contributed by atoms with Gasteiger partial charge in [0.25, 0.3) is 0 Å². The van der Waals surface area contributed by atoms with Crippen LogP contribution in [0.4, 0.5) is 4.39 Å². The summed E-state index contributed by atoms with van der Waals surface area (Å²) in [4.78, 5) is 22.6. The van der Waals surface area contributed by atoms with Gasteiger partial charge in [-0.25, -0.2) is 9.18 Å². The van der Waals surface area contributed by atoms with Crippen molar-refractivity contribution in [2.24, 2.45) is 0 Å². The summed E-state index contributed by atoms with van der Waals surface area (Å²) in [5.74, 6) is -2.29. The Morgan fingerprint density at radius 2 is 2.11 bits per heavy atom. The van der Waals surface area contributed by atoms with E-state index in [9.17, 15) is 14.0 Å². The van der Waals surface area contributed by atoms with E-state index in [1.807, 2.05) is 6.92 Å². The Morgan fingerprint density at radius 3 is 2.67 bits per heavy atom. The van der Waals surface area contributed by atoms with Crippen molar-refractivity contribution in [3.63, 3.8) is 0 Å². The quantitative estimate of drug-likeness (QED) is 0.833. The SMILES string of the molecule is CCCCC(=O)Sc1cc(C(=O)O)c(F)cc1Cl. The van der Waals surface area contributed by atoms with E-state index in [0.717, 1.165) is 36.7 Å². The van der Waals surface area contributed by atoms with Crippen LogP contribution >= 0.6 is 23.4 Å². The molecule has 0 aromatic heterocycles. The van der Waals surface area contributed by atoms with Gasteiger partial charge in [0.15, 0.2) is 5.12 Å². The predicted molar refractivity (Wildman–Crippen MR) is 68.8 cm³/mol. The summed E-state index contributed by atoms with van der Waals surface area (Å²) in [5, 5.41) is 8.72. The molecular formula is C12H12ClFO3S. The lowest BCUT2D eigenvalue weighted by atomic mass is 10.2. The average Bonchev–Trinajstić information content (AvgIpc) is 2.29. The number of rotatable bonds is 5. The van der Waals surface area contributed by atoms with E-state index in [-0.39, 0.29) is 15.0 Å². The molecule has 0 aliphatic rings. The van der Waals surface area contributed by atoms with E-state index in [0.29, 0.717) is 6.42 Å². The maximum absolute atomic E-state index is 13.3. The van der Waals surface area contributed by atoms with Crippen LogP contribution in [0.25, 0.3) is 0 Å². The van der Waals surface area contributed by atoms with Crippen molar-refractivity contribution in [1.82, 2.24) is 0 Å². The largest absolute Gasteiger partial charge is 0.478 e. The zero-order valence-electron chi connectivity index (χ0n) is 9.70. The van der Waals surface area contributed by atoms with Gasteiger partial charge in [-0.05, 0) is 18.6 Å². The molecule has 0 bridgehead atoms. The van der Waals surface area contributed by atoms with Crippen LogP contribution in [-0.4, -0.2) is 16.2 Å². The minimum atomic E-state index is -1.38. The van der Waals surface area contributed by atoms with Gasteiger partial charge in [-0.1, -0.05) is 36.7 Å². The number of carboxylic acid groups (broad SMARTS) is 1. The molecule has 0 spiro atoms. The standard InChI is InChI=1S/C12H12ClFO3S/c1-2-3-4-11(15)18-10-5-7(12(16)17)9(14)6-8(10)13/h5-6H,2-4H2,1H3,(H,16,17). The third-order valence-electron chi connectivity index (χ3n) is 2.21. The molecule has 0 heterocycles. The van der Waals surface area contributed by atoms with Gasteiger partial charge in [-0.3, -0.25) is 4.79 Å². The van der Waals surface area contributed by atoms with Gasteiger partial charge < -0.3 is 5.11 Å². The maximum Gasteiger partial charge on any atom is 0.338 e. The fourth-order valence-corrected chi connectivity index (χ4v) is 2.36. The van der Waals surface area contributed by atoms with Crippen LogP contribution in [0.15, 0.2) is 17.0 Å². The third-order valence-corrected chi connectivity index (χ3v) is 3.62. The first kappa shape index (κ1) is 15.0. The van der Waals surface area contributed by atoms with E-state index in [1.54, 1.807) is 0 Å². The zero-order valence-corrected chi connectivity index (χ0v) is 11.3. The van der Waals surface area contributed by atoms with E-state index >= 15 is 0 Å². The topological polar surface area (TPSA) is 54.4 Å². The van der Waals surface area contributed by atoms with Crippen molar-refractivity contribution >= 4 is 34.4 Å². The molecule has 18 heavy (non-hydrogen) atoms. The smallest absolute Gasteiger partial charge is 0.338 e. The summed E-state index contributed by atoms with van der Waals surface area (Å²) in [6.45, 7) is 1.96. The average molecular weight is 291 g/mol. The monoisotopic (exact) mass is 290 g/mol. The van der Waals surface area contributed by atoms with Gasteiger partial charge in [0.05, 0.1) is 10.6 Å². The molecular weight excluding hydrogens is 279 g/mol. The molecule has 1 aromatic rings. The first-order valence-corrected chi connectivity index (χ1v) is 6.58. The second kappa shape index (κ2) is 6.75. The highest BCUT2D eigenvalue weighted by atomic mass is 35.5. The summed E-state index contributed by atoms with van der Waals surface area (Å²) in [7, 11) is 0. The number of aromatic carboxylic acids is 1. The van der Waals surface area contributed by atoms with E-state index in [4.69, 9.17) is 16.7 Å². The molecule has 0 fully saturated rings. The van der Waals surface area contributed by atoms with Crippen LogP contribution < -0.4 is 0 Å². The summed E-state index contributed by atoms with van der Waals surface area (Å²) < 4.78 is 13.3. The molecule has 3 nitrogen and oxygen atoms in total. The summed E-state index contributed by atoms with van der Waals surface area (Å²) >= 11 is 6.63. The molecule has 1 aromatic carbocycles. The minimum absolute atomic E-state index is 0.0485. The number of benzene rings is 1. The van der Waals surface area contributed by atoms with Gasteiger partial charge in [0.1, 0.15) is 5.82 Å². The second-order valence-electron chi connectivity index (χ2n) is 3.65. The van der Waals surface area contributed by atoms with E-state index < -0.39 is 17.3 Å². The highest BCUT2D eigenvalue weighted by Gasteiger charge is 2.16. The number of carbonyl (C=O) groups excluding carboxylic acids is 1. The van der Waals surface area contributed by atoms with Gasteiger partial charge in [-0.2, -0.15) is 0 Å². The van der Waals surface area contributed by atoms with Gasteiger partial charge in [0.2, 0.25) is 0 Å². The van der Waals surface area contributed by atoms with Gasteiger partial charge in [-0.15, -0.1) is 0 Å². The Balaban J connectivity index is 2.92. The normalized spacial score (nSPS) is 10.4. The second-order valence-corrected chi connectivity index (χ2v) is 5.15. The van der Waals surface area contributed by atoms with Crippen molar-refractivity contribution < 1.29 is 19.1 Å². The van der Waals surface area contributed by atoms with Crippen LogP contribution in [-0.2, 0) is 4.79 Å². The van der Waals surface area contributed by atoms with Crippen LogP contribution in [0.2, 0.25) is 5.02 Å². The Hall–Kier alpha value is -1.07. The van der Waals surface area contributed by atoms with E-state index in [2.05, 4.69) is 0 Å². The molecule has 0 amide bonds. The van der Waals surface area contributed by atoms with Gasteiger partial charge in [0, 0.05) is 11.3 Å². The molecule has 1 N–H and O–H groups in total. The lowest BCUT2D eigenvalue weighted by Crippen LogP contribution is -2.01. The number of hydrogen-bond acceptors (Lipinski definition) is 3. The summed E-state index contributed by atoms with van der Waals surface area (Å²) in [6.07, 6.45) is 2.04. The molecule has 0 aliphatic heterocycles. The van der Waals surface area contributed by atoms with E-state index in [1.165, 1.54) is 0 Å². The highest BCUT2D eigenvalue weighted by molar-refractivity contribution is 8.13. The van der Waals surface area contributed by atoms with Crippen LogP contribution in [0.5, 0.6) is 0 Å². The minimum Gasteiger partial charge on any atom is -0.478 e. The van der Waals surface area contributed by atoms with Crippen LogP contribution in [0, 0.1) is 5.82 Å². The number of thioether (sulfide) groups is 1. The molecule has 0 saturated carbocycles. The number of carbonyl (C=O) groups is 2. The Labute approximate surface area is 113 Å². The lowest BCUT2D eigenvalue weighted by molar-refractivity contribution is -0.111. The summed E-state index contributed by atoms with van der Waals surface area (Å²) in [5.41, 5.74) is -0.481. The number of carboxylic acids is 1. The molecule has 1 rings (SSSR count). The van der Waals surface area contributed by atoms with Crippen molar-refractivity contribution in [2.75, 3.05) is 0 Å². The molecule has 0 unspecified atom stereocenters. The van der Waals surface area contributed by atoms with Crippen molar-refractivity contribution in [3.05, 3.63) is 28.5 Å². The molecule has 6 heteroatoms. The number of hydrogen-bond donors (Lipinski definition) is 1. The molecule has 0 saturated heterocycles. The van der Waals surface area contributed by atoms with Crippen molar-refractivity contribution in [1.29, 1.82) is 0 Å². The van der Waals surface area contributed by atoms with Gasteiger partial charge >= 0.3 is 5.97 Å². The zero-order chi connectivity index (χ0) is 13.7. The molecule has 98 valence electrons. The molecule has 0 radical (unpaired) electrons. The van der Waals surface area contributed by atoms with Crippen LogP contribution in [0.3, 0.4) is 0 Å². The fourth-order valence-electron chi connectivity index (χ4n) is 1.27. The molecule has 0 aliphatic carbocycles. The third kappa shape index (κ3) is 3.99. The first-order valence-electron chi connectivity index (χ1n) is 5.38. The number of unbranched alkanes of at least 4 members (excludes halogenated alkanes) is 1. The fraction of sp³-hybridized carbons (Fsp3) is 0.333. The van der Waals surface area contributed by atoms with Crippen LogP contribution in [0.1, 0.15) is 36.5 Å². The Bertz CT molecular complexity index is 477. The lowest BCUT2D eigenvalue weighted by Gasteiger charge is -2.05. The Morgan fingerprint density at radius 1 is 1.44 bits per heavy atom. The maximum atomic E-state index is 13.3. The first-order chi connectivity index (χ1) is 8.45. The summed E-state index contributed by atoms with van der Waals surface area (Å²) in [6, 6.07) is 2.01. The highest BCUT2D eigenvalue weighted by Crippen LogP contribution is 2.31. The van der Waals surface area contributed by atoms with Crippen molar-refractivity contribution in [3.8, 4) is 0 Å². The Kier molecular flexibility index (Phi) is 5.62. The predicted octanol–water partition coefficient (Wildman–Crippen LogP) is 3.99. The van der Waals surface area contributed by atoms with Crippen molar-refractivity contribution in [2.45, 2.75) is 31.1 Å². The molecule has 0 atom stereocenters.